The van der Waals surface area contributed by atoms with Gasteiger partial charge in [0, 0.05) is 6.42 Å². The zero-order chi connectivity index (χ0) is 11.3. The Balaban J connectivity index is 3.07. The van der Waals surface area contributed by atoms with Gasteiger partial charge in [-0.1, -0.05) is 6.92 Å². The van der Waals surface area contributed by atoms with Crippen LogP contribution in [0.2, 0.25) is 0 Å². The molecule has 0 fully saturated rings. The molecule has 0 aliphatic heterocycles. The van der Waals surface area contributed by atoms with Crippen molar-refractivity contribution in [2.75, 3.05) is 12.0 Å². The van der Waals surface area contributed by atoms with Crippen LogP contribution < -0.4 is 16.0 Å². The predicted molar refractivity (Wildman–Crippen MR) is 59.7 cm³/mol. The van der Waals surface area contributed by atoms with E-state index in [1.165, 1.54) is 0 Å². The van der Waals surface area contributed by atoms with Gasteiger partial charge in [-0.3, -0.25) is 0 Å². The van der Waals surface area contributed by atoms with Crippen LogP contribution in [0.4, 0.5) is 5.82 Å². The third-order valence-corrected chi connectivity index (χ3v) is 2.04. The molecule has 84 valence electrons. The number of ether oxygens (including phenoxy) is 1. The molecule has 0 atom stereocenters. The Kier molecular flexibility index (Phi) is 4.30. The van der Waals surface area contributed by atoms with Crippen molar-refractivity contribution >= 4 is 5.82 Å². The van der Waals surface area contributed by atoms with Gasteiger partial charge in [0.15, 0.2) is 0 Å². The molecular weight excluding hydrogens is 192 g/mol. The Morgan fingerprint density at radius 1 is 1.33 bits per heavy atom. The molecule has 1 aromatic rings. The maximum atomic E-state index is 5.42. The van der Waals surface area contributed by atoms with Crippen LogP contribution in [0, 0.1) is 6.92 Å². The minimum absolute atomic E-state index is 0.591. The summed E-state index contributed by atoms with van der Waals surface area (Å²) in [5, 5.41) is 0. The molecule has 15 heavy (non-hydrogen) atoms. The molecule has 0 radical (unpaired) electrons. The summed E-state index contributed by atoms with van der Waals surface area (Å²) >= 11 is 0. The number of hydrazine groups is 1. The van der Waals surface area contributed by atoms with Crippen molar-refractivity contribution in [2.45, 2.75) is 33.6 Å². The second-order valence-corrected chi connectivity index (χ2v) is 3.25. The zero-order valence-electron chi connectivity index (χ0n) is 9.50. The van der Waals surface area contributed by atoms with Crippen LogP contribution in [0.25, 0.3) is 0 Å². The average molecular weight is 210 g/mol. The number of rotatable bonds is 5. The van der Waals surface area contributed by atoms with Gasteiger partial charge in [0.1, 0.15) is 11.6 Å². The van der Waals surface area contributed by atoms with Crippen LogP contribution in [-0.2, 0) is 6.42 Å². The highest BCUT2D eigenvalue weighted by atomic mass is 16.5. The quantitative estimate of drug-likeness (QED) is 0.568. The molecule has 0 saturated heterocycles. The van der Waals surface area contributed by atoms with Crippen molar-refractivity contribution in [1.82, 2.24) is 9.97 Å². The summed E-state index contributed by atoms with van der Waals surface area (Å²) in [5.41, 5.74) is 3.41. The van der Waals surface area contributed by atoms with E-state index in [1.807, 2.05) is 13.8 Å². The van der Waals surface area contributed by atoms with Crippen LogP contribution in [0.3, 0.4) is 0 Å². The molecule has 1 heterocycles. The number of aryl methyl sites for hydroxylation is 1. The molecule has 0 saturated carbocycles. The van der Waals surface area contributed by atoms with E-state index >= 15 is 0 Å². The fourth-order valence-corrected chi connectivity index (χ4v) is 1.29. The first-order chi connectivity index (χ1) is 7.22. The second kappa shape index (κ2) is 5.50. The lowest BCUT2D eigenvalue weighted by Crippen LogP contribution is -2.13. The van der Waals surface area contributed by atoms with Crippen molar-refractivity contribution in [2.24, 2.45) is 5.84 Å². The zero-order valence-corrected chi connectivity index (χ0v) is 9.50. The van der Waals surface area contributed by atoms with Crippen molar-refractivity contribution in [3.63, 3.8) is 0 Å². The third kappa shape index (κ3) is 2.79. The lowest BCUT2D eigenvalue weighted by Gasteiger charge is -2.11. The van der Waals surface area contributed by atoms with E-state index in [2.05, 4.69) is 22.3 Å². The normalized spacial score (nSPS) is 10.1. The number of nitrogens with one attached hydrogen (secondary N) is 1. The Labute approximate surface area is 90.0 Å². The number of hydrogen-bond acceptors (Lipinski definition) is 5. The largest absolute Gasteiger partial charge is 0.478 e. The highest BCUT2D eigenvalue weighted by molar-refractivity contribution is 5.47. The maximum Gasteiger partial charge on any atom is 0.221 e. The molecular formula is C10H18N4O. The molecule has 1 rings (SSSR count). The molecule has 0 spiro atoms. The van der Waals surface area contributed by atoms with Crippen molar-refractivity contribution < 1.29 is 4.74 Å². The van der Waals surface area contributed by atoms with Crippen LogP contribution in [-0.4, -0.2) is 16.6 Å². The number of nitrogens with zero attached hydrogens (tertiary/aromatic N) is 2. The van der Waals surface area contributed by atoms with E-state index in [0.29, 0.717) is 18.3 Å². The van der Waals surface area contributed by atoms with Gasteiger partial charge in [0.25, 0.3) is 0 Å². The average Bonchev–Trinajstić information content (AvgIpc) is 2.23. The van der Waals surface area contributed by atoms with E-state index in [0.717, 1.165) is 24.2 Å². The van der Waals surface area contributed by atoms with E-state index in [9.17, 15) is 0 Å². The van der Waals surface area contributed by atoms with E-state index < -0.39 is 0 Å². The monoisotopic (exact) mass is 210 g/mol. The van der Waals surface area contributed by atoms with Gasteiger partial charge >= 0.3 is 0 Å². The number of anilines is 1. The van der Waals surface area contributed by atoms with E-state index in [1.54, 1.807) is 0 Å². The molecule has 1 aromatic heterocycles. The molecule has 0 aliphatic carbocycles. The number of hydrogen-bond donors (Lipinski definition) is 2. The van der Waals surface area contributed by atoms with Gasteiger partial charge in [-0.25, -0.2) is 10.8 Å². The molecule has 5 heteroatoms. The number of nitrogen functional groups attached to an aromatic ring is 1. The lowest BCUT2D eigenvalue weighted by atomic mass is 10.3. The molecule has 3 N–H and O–H groups in total. The Hall–Kier alpha value is -1.36. The predicted octanol–water partition coefficient (Wildman–Crippen LogP) is 1.42. The van der Waals surface area contributed by atoms with Gasteiger partial charge in [-0.15, -0.1) is 0 Å². The first-order valence-corrected chi connectivity index (χ1v) is 5.19. The molecule has 0 aliphatic rings. The number of aromatic nitrogens is 2. The van der Waals surface area contributed by atoms with E-state index in [-0.39, 0.29) is 0 Å². The van der Waals surface area contributed by atoms with Crippen molar-refractivity contribution in [3.05, 3.63) is 11.4 Å². The standard InChI is InChI=1S/C10H18N4O/c1-4-6-8-12-9(14-11)7(3)10(13-8)15-5-2/h4-6,11H2,1-3H3,(H,12,13,14). The summed E-state index contributed by atoms with van der Waals surface area (Å²) in [6.07, 6.45) is 1.83. The summed E-state index contributed by atoms with van der Waals surface area (Å²) in [5.74, 6) is 7.40. The minimum atomic E-state index is 0.591. The fraction of sp³-hybridized carbons (Fsp3) is 0.600. The van der Waals surface area contributed by atoms with Crippen LogP contribution >= 0.6 is 0 Å². The minimum Gasteiger partial charge on any atom is -0.478 e. The summed E-state index contributed by atoms with van der Waals surface area (Å²) in [4.78, 5) is 8.63. The highest BCUT2D eigenvalue weighted by Gasteiger charge is 2.10. The lowest BCUT2D eigenvalue weighted by molar-refractivity contribution is 0.322. The van der Waals surface area contributed by atoms with Gasteiger partial charge < -0.3 is 10.2 Å². The maximum absolute atomic E-state index is 5.42. The molecule has 5 nitrogen and oxygen atoms in total. The Morgan fingerprint density at radius 3 is 2.60 bits per heavy atom. The first-order valence-electron chi connectivity index (χ1n) is 5.19. The fourth-order valence-electron chi connectivity index (χ4n) is 1.29. The Bertz CT molecular complexity index is 327. The van der Waals surface area contributed by atoms with Crippen molar-refractivity contribution in [3.8, 4) is 5.88 Å². The van der Waals surface area contributed by atoms with Gasteiger partial charge in [-0.2, -0.15) is 4.98 Å². The summed E-state index contributed by atoms with van der Waals surface area (Å²) < 4.78 is 5.42. The first kappa shape index (κ1) is 11.7. The second-order valence-electron chi connectivity index (χ2n) is 3.25. The van der Waals surface area contributed by atoms with E-state index in [4.69, 9.17) is 10.6 Å². The summed E-state index contributed by atoms with van der Waals surface area (Å²) in [7, 11) is 0. The van der Waals surface area contributed by atoms with Crippen LogP contribution in [0.5, 0.6) is 5.88 Å². The SMILES string of the molecule is CCCc1nc(NN)c(C)c(OCC)n1. The van der Waals surface area contributed by atoms with Gasteiger partial charge in [0.05, 0.1) is 12.2 Å². The summed E-state index contributed by atoms with van der Waals surface area (Å²) in [6.45, 7) is 6.49. The molecule has 0 bridgehead atoms. The molecule has 0 unspecified atom stereocenters. The topological polar surface area (TPSA) is 73.1 Å². The van der Waals surface area contributed by atoms with Gasteiger partial charge in [-0.05, 0) is 20.3 Å². The Morgan fingerprint density at radius 2 is 2.07 bits per heavy atom. The van der Waals surface area contributed by atoms with Crippen LogP contribution in [0.15, 0.2) is 0 Å². The van der Waals surface area contributed by atoms with Crippen molar-refractivity contribution in [1.29, 1.82) is 0 Å². The van der Waals surface area contributed by atoms with Gasteiger partial charge in [0.2, 0.25) is 5.88 Å². The number of nitrogens with two attached hydrogens (primary N) is 1. The third-order valence-electron chi connectivity index (χ3n) is 2.04. The highest BCUT2D eigenvalue weighted by Crippen LogP contribution is 2.21. The smallest absolute Gasteiger partial charge is 0.221 e. The molecule has 0 aromatic carbocycles. The summed E-state index contributed by atoms with van der Waals surface area (Å²) in [6, 6.07) is 0. The van der Waals surface area contributed by atoms with Crippen LogP contribution in [0.1, 0.15) is 31.7 Å². The molecule has 0 amide bonds.